The second-order valence-corrected chi connectivity index (χ2v) is 9.39. The van der Waals surface area contributed by atoms with E-state index in [2.05, 4.69) is 42.3 Å². The standard InChI is InChI=1S/C20H34ClN3O/c1-5-6-11-23(4)13-18-22-12-17(21)24(18)16-7-9-20(10-8-16)14-19(2,3)15-25-20/h12,16H,5-11,13-15H2,1-4H3. The number of hydrogen-bond donors (Lipinski definition) is 0. The minimum absolute atomic E-state index is 0.116. The van der Waals surface area contributed by atoms with Gasteiger partial charge in [-0.05, 0) is 57.5 Å². The summed E-state index contributed by atoms with van der Waals surface area (Å²) in [5.74, 6) is 1.11. The van der Waals surface area contributed by atoms with Gasteiger partial charge in [0.25, 0.3) is 0 Å². The highest BCUT2D eigenvalue weighted by atomic mass is 35.5. The van der Waals surface area contributed by atoms with E-state index < -0.39 is 0 Å². The Kier molecular flexibility index (Phi) is 5.81. The van der Waals surface area contributed by atoms with Crippen molar-refractivity contribution in [1.29, 1.82) is 0 Å². The van der Waals surface area contributed by atoms with Crippen LogP contribution in [0, 0.1) is 5.41 Å². The number of rotatable bonds is 6. The van der Waals surface area contributed by atoms with Crippen LogP contribution in [0.3, 0.4) is 0 Å². The fourth-order valence-corrected chi connectivity index (χ4v) is 4.94. The third-order valence-electron chi connectivity index (χ3n) is 5.93. The number of nitrogens with zero attached hydrogens (tertiary/aromatic N) is 3. The quantitative estimate of drug-likeness (QED) is 0.703. The maximum atomic E-state index is 6.51. The molecule has 0 unspecified atom stereocenters. The molecule has 0 N–H and O–H groups in total. The minimum Gasteiger partial charge on any atom is -0.374 e. The Bertz CT molecular complexity index is 575. The van der Waals surface area contributed by atoms with Crippen LogP contribution in [0.15, 0.2) is 6.20 Å². The average Bonchev–Trinajstić information content (AvgIpc) is 3.07. The van der Waals surface area contributed by atoms with Gasteiger partial charge >= 0.3 is 0 Å². The van der Waals surface area contributed by atoms with Crippen molar-refractivity contribution in [2.45, 2.75) is 83.9 Å². The lowest BCUT2D eigenvalue weighted by Crippen LogP contribution is -2.35. The van der Waals surface area contributed by atoms with E-state index >= 15 is 0 Å². The van der Waals surface area contributed by atoms with Crippen LogP contribution in [0.2, 0.25) is 5.15 Å². The number of ether oxygens (including phenoxy) is 1. The molecule has 2 heterocycles. The minimum atomic E-state index is 0.116. The van der Waals surface area contributed by atoms with E-state index in [0.29, 0.717) is 11.5 Å². The van der Waals surface area contributed by atoms with Crippen LogP contribution in [-0.4, -0.2) is 40.3 Å². The van der Waals surface area contributed by atoms with E-state index in [9.17, 15) is 0 Å². The third kappa shape index (κ3) is 4.40. The zero-order valence-corrected chi connectivity index (χ0v) is 17.1. The molecule has 5 heteroatoms. The summed E-state index contributed by atoms with van der Waals surface area (Å²) in [6.45, 7) is 9.76. The van der Waals surface area contributed by atoms with Gasteiger partial charge in [-0.25, -0.2) is 4.98 Å². The summed E-state index contributed by atoms with van der Waals surface area (Å²) in [6.07, 6.45) is 10.0. The van der Waals surface area contributed by atoms with Crippen LogP contribution < -0.4 is 0 Å². The van der Waals surface area contributed by atoms with Crippen molar-refractivity contribution in [1.82, 2.24) is 14.5 Å². The van der Waals surface area contributed by atoms with Crippen molar-refractivity contribution < 1.29 is 4.74 Å². The molecular weight excluding hydrogens is 334 g/mol. The first-order valence-corrected chi connectivity index (χ1v) is 10.3. The molecule has 1 aliphatic carbocycles. The molecule has 2 aliphatic rings. The molecule has 0 aromatic carbocycles. The topological polar surface area (TPSA) is 30.3 Å². The highest BCUT2D eigenvalue weighted by molar-refractivity contribution is 6.29. The fourth-order valence-electron chi connectivity index (χ4n) is 4.66. The lowest BCUT2D eigenvalue weighted by atomic mass is 9.75. The Balaban J connectivity index is 1.64. The number of hydrogen-bond acceptors (Lipinski definition) is 3. The van der Waals surface area contributed by atoms with Gasteiger partial charge in [0.15, 0.2) is 0 Å². The molecule has 0 amide bonds. The summed E-state index contributed by atoms with van der Waals surface area (Å²) in [5, 5.41) is 0.785. The second-order valence-electron chi connectivity index (χ2n) is 9.00. The Morgan fingerprint density at radius 3 is 2.68 bits per heavy atom. The van der Waals surface area contributed by atoms with Gasteiger partial charge in [0.2, 0.25) is 0 Å². The van der Waals surface area contributed by atoms with Crippen LogP contribution in [0.4, 0.5) is 0 Å². The maximum Gasteiger partial charge on any atom is 0.129 e. The first-order chi connectivity index (χ1) is 11.8. The molecule has 3 rings (SSSR count). The Morgan fingerprint density at radius 2 is 2.08 bits per heavy atom. The SMILES string of the molecule is CCCCN(C)Cc1ncc(Cl)n1C1CCC2(CC1)CC(C)(C)CO2. The average molecular weight is 368 g/mol. The molecule has 1 saturated carbocycles. The van der Waals surface area contributed by atoms with E-state index in [-0.39, 0.29) is 5.60 Å². The molecule has 25 heavy (non-hydrogen) atoms. The molecule has 0 radical (unpaired) electrons. The Labute approximate surface area is 157 Å². The van der Waals surface area contributed by atoms with Crippen LogP contribution in [0.5, 0.6) is 0 Å². The molecular formula is C20H34ClN3O. The van der Waals surface area contributed by atoms with Gasteiger partial charge in [-0.1, -0.05) is 38.8 Å². The predicted octanol–water partition coefficient (Wildman–Crippen LogP) is 5.07. The Hall–Kier alpha value is -0.580. The van der Waals surface area contributed by atoms with Crippen molar-refractivity contribution in [2.75, 3.05) is 20.2 Å². The summed E-state index contributed by atoms with van der Waals surface area (Å²) in [4.78, 5) is 6.96. The summed E-state index contributed by atoms with van der Waals surface area (Å²) >= 11 is 6.51. The van der Waals surface area contributed by atoms with Gasteiger partial charge in [-0.15, -0.1) is 0 Å². The zero-order valence-electron chi connectivity index (χ0n) is 16.4. The number of aromatic nitrogens is 2. The molecule has 1 aromatic rings. The highest BCUT2D eigenvalue weighted by Crippen LogP contribution is 2.49. The number of halogens is 1. The molecule has 142 valence electrons. The molecule has 1 saturated heterocycles. The first-order valence-electron chi connectivity index (χ1n) is 9.88. The lowest BCUT2D eigenvalue weighted by molar-refractivity contribution is -0.0344. The van der Waals surface area contributed by atoms with Crippen molar-refractivity contribution in [2.24, 2.45) is 5.41 Å². The van der Waals surface area contributed by atoms with Gasteiger partial charge in [-0.3, -0.25) is 4.90 Å². The smallest absolute Gasteiger partial charge is 0.129 e. The van der Waals surface area contributed by atoms with Crippen molar-refractivity contribution in [3.05, 3.63) is 17.2 Å². The van der Waals surface area contributed by atoms with E-state index in [4.69, 9.17) is 16.3 Å². The second kappa shape index (κ2) is 7.58. The number of imidazole rings is 1. The van der Waals surface area contributed by atoms with Crippen LogP contribution in [0.1, 0.15) is 77.6 Å². The molecule has 0 bridgehead atoms. The molecule has 4 nitrogen and oxygen atoms in total. The van der Waals surface area contributed by atoms with Crippen molar-refractivity contribution in [3.8, 4) is 0 Å². The van der Waals surface area contributed by atoms with Crippen LogP contribution >= 0.6 is 11.6 Å². The van der Waals surface area contributed by atoms with Gasteiger partial charge in [0.1, 0.15) is 11.0 Å². The largest absolute Gasteiger partial charge is 0.374 e. The molecule has 1 spiro atoms. The normalized spacial score (nSPS) is 29.0. The van der Waals surface area contributed by atoms with Gasteiger partial charge in [-0.2, -0.15) is 0 Å². The van der Waals surface area contributed by atoms with Gasteiger partial charge < -0.3 is 9.30 Å². The molecule has 1 aliphatic heterocycles. The van der Waals surface area contributed by atoms with Gasteiger partial charge in [0.05, 0.1) is 24.9 Å². The summed E-state index contributed by atoms with van der Waals surface area (Å²) in [7, 11) is 2.17. The number of unbranched alkanes of at least 4 members (excludes halogenated alkanes) is 1. The third-order valence-corrected chi connectivity index (χ3v) is 6.21. The summed E-state index contributed by atoms with van der Waals surface area (Å²) < 4.78 is 8.55. The van der Waals surface area contributed by atoms with Gasteiger partial charge in [0, 0.05) is 6.04 Å². The predicted molar refractivity (Wildman–Crippen MR) is 103 cm³/mol. The van der Waals surface area contributed by atoms with Crippen LogP contribution in [-0.2, 0) is 11.3 Å². The molecule has 0 atom stereocenters. The highest BCUT2D eigenvalue weighted by Gasteiger charge is 2.46. The molecule has 1 aromatic heterocycles. The lowest BCUT2D eigenvalue weighted by Gasteiger charge is -2.38. The zero-order chi connectivity index (χ0) is 18.1. The van der Waals surface area contributed by atoms with E-state index in [1.807, 2.05) is 6.20 Å². The fraction of sp³-hybridized carbons (Fsp3) is 0.850. The van der Waals surface area contributed by atoms with Crippen LogP contribution in [0.25, 0.3) is 0 Å². The van der Waals surface area contributed by atoms with Crippen molar-refractivity contribution >= 4 is 11.6 Å². The summed E-state index contributed by atoms with van der Waals surface area (Å²) in [5.41, 5.74) is 0.442. The first kappa shape index (κ1) is 19.2. The Morgan fingerprint density at radius 1 is 1.36 bits per heavy atom. The van der Waals surface area contributed by atoms with E-state index in [1.165, 1.54) is 19.3 Å². The monoisotopic (exact) mass is 367 g/mol. The maximum absolute atomic E-state index is 6.51. The van der Waals surface area contributed by atoms with E-state index in [1.54, 1.807) is 0 Å². The molecule has 2 fully saturated rings. The van der Waals surface area contributed by atoms with E-state index in [0.717, 1.165) is 56.4 Å². The van der Waals surface area contributed by atoms with Crippen molar-refractivity contribution in [3.63, 3.8) is 0 Å². The summed E-state index contributed by atoms with van der Waals surface area (Å²) in [6, 6.07) is 0.461.